The zero-order valence-corrected chi connectivity index (χ0v) is 29.1. The largest absolute Gasteiger partial charge is 0.451 e. The second-order valence-electron chi connectivity index (χ2n) is 15.6. The monoisotopic (exact) mass is 669 g/mol. The van der Waals surface area contributed by atoms with Crippen LogP contribution in [0, 0.1) is 23.7 Å². The predicted octanol–water partition coefficient (Wildman–Crippen LogP) is 4.93. The third kappa shape index (κ3) is 7.21. The van der Waals surface area contributed by atoms with Gasteiger partial charge in [0.2, 0.25) is 17.7 Å². The van der Waals surface area contributed by atoms with Crippen LogP contribution in [0.3, 0.4) is 0 Å². The Morgan fingerprint density at radius 2 is 1.73 bits per heavy atom. The minimum Gasteiger partial charge on any atom is -0.451 e. The molecule has 0 radical (unpaired) electrons. The van der Waals surface area contributed by atoms with E-state index >= 15 is 0 Å². The van der Waals surface area contributed by atoms with E-state index in [-0.39, 0.29) is 52.6 Å². The minimum atomic E-state index is -1.06. The Morgan fingerprint density at radius 3 is 2.41 bits per heavy atom. The highest BCUT2D eigenvalue weighted by Gasteiger charge is 2.60. The minimum absolute atomic E-state index is 0.00683. The van der Waals surface area contributed by atoms with Gasteiger partial charge in [-0.3, -0.25) is 24.0 Å². The molecule has 3 atom stereocenters. The highest BCUT2D eigenvalue weighted by molar-refractivity contribution is 6.03. The zero-order valence-electron chi connectivity index (χ0n) is 29.1. The number of rotatable bonds is 11. The number of aryl methyl sites for hydroxylation is 1. The molecule has 0 aliphatic heterocycles. The fraction of sp³-hybridized carbons (Fsp3) is 0.500. The van der Waals surface area contributed by atoms with Gasteiger partial charge in [-0.1, -0.05) is 38.1 Å². The van der Waals surface area contributed by atoms with Gasteiger partial charge < -0.3 is 29.8 Å². The van der Waals surface area contributed by atoms with Gasteiger partial charge in [-0.25, -0.2) is 0 Å². The number of aromatic nitrogens is 1. The molecule has 11 heteroatoms. The molecule has 2 aromatic heterocycles. The molecule has 4 bridgehead atoms. The van der Waals surface area contributed by atoms with Crippen LogP contribution in [0.2, 0.25) is 0 Å². The van der Waals surface area contributed by atoms with E-state index in [2.05, 4.69) is 29.8 Å². The van der Waals surface area contributed by atoms with Crippen LogP contribution in [0.25, 0.3) is 11.0 Å². The molecular formula is C38H47N5O6. The second-order valence-corrected chi connectivity index (χ2v) is 15.6. The number of fused-ring (bicyclic) bond motifs is 1. The van der Waals surface area contributed by atoms with Gasteiger partial charge in [0.05, 0.1) is 0 Å². The first-order chi connectivity index (χ1) is 23.2. The molecule has 3 N–H and O–H groups in total. The van der Waals surface area contributed by atoms with Crippen LogP contribution in [0.1, 0.15) is 81.3 Å². The molecule has 2 unspecified atom stereocenters. The summed E-state index contributed by atoms with van der Waals surface area (Å²) in [5.74, 6) is -0.900. The van der Waals surface area contributed by atoms with E-state index in [4.69, 9.17) is 4.42 Å². The van der Waals surface area contributed by atoms with E-state index in [9.17, 15) is 24.0 Å². The number of anilines is 1. The van der Waals surface area contributed by atoms with Crippen molar-refractivity contribution in [1.29, 1.82) is 0 Å². The van der Waals surface area contributed by atoms with Crippen molar-refractivity contribution in [3.05, 3.63) is 76.4 Å². The molecule has 4 aliphatic rings. The summed E-state index contributed by atoms with van der Waals surface area (Å²) in [6.45, 7) is 6.30. The lowest BCUT2D eigenvalue weighted by atomic mass is 9.43. The Kier molecular flexibility index (Phi) is 9.06. The topological polar surface area (TPSA) is 143 Å². The smallest absolute Gasteiger partial charge is 0.287 e. The van der Waals surface area contributed by atoms with Gasteiger partial charge in [0.15, 0.2) is 5.76 Å². The van der Waals surface area contributed by atoms with E-state index in [1.807, 2.05) is 18.2 Å². The van der Waals surface area contributed by atoms with Crippen molar-refractivity contribution in [3.63, 3.8) is 0 Å². The Labute approximate surface area is 286 Å². The molecule has 4 aliphatic carbocycles. The van der Waals surface area contributed by atoms with Crippen LogP contribution in [0.5, 0.6) is 0 Å². The summed E-state index contributed by atoms with van der Waals surface area (Å²) < 4.78 is 7.12. The number of allylic oxidation sites excluding steroid dienone is 1. The summed E-state index contributed by atoms with van der Waals surface area (Å²) in [6.07, 6.45) is 11.6. The predicted molar refractivity (Wildman–Crippen MR) is 187 cm³/mol. The molecule has 0 saturated heterocycles. The highest BCUT2D eigenvalue weighted by Crippen LogP contribution is 2.66. The molecule has 49 heavy (non-hydrogen) atoms. The third-order valence-electron chi connectivity index (χ3n) is 10.6. The van der Waals surface area contributed by atoms with Gasteiger partial charge in [0.25, 0.3) is 11.5 Å². The van der Waals surface area contributed by atoms with Crippen LogP contribution >= 0.6 is 0 Å². The number of likely N-dealkylation sites (N-methyl/N-ethyl adjacent to an activating group) is 1. The Bertz CT molecular complexity index is 1870. The number of furan rings is 1. The number of benzene rings is 1. The van der Waals surface area contributed by atoms with E-state index < -0.39 is 23.4 Å². The third-order valence-corrected chi connectivity index (χ3v) is 10.6. The first kappa shape index (κ1) is 34.2. The van der Waals surface area contributed by atoms with Gasteiger partial charge in [-0.15, -0.1) is 0 Å². The molecular weight excluding hydrogens is 622 g/mol. The van der Waals surface area contributed by atoms with Crippen molar-refractivity contribution >= 4 is 40.3 Å². The highest BCUT2D eigenvalue weighted by atomic mass is 16.3. The van der Waals surface area contributed by atoms with Crippen molar-refractivity contribution < 1.29 is 23.6 Å². The molecule has 260 valence electrons. The van der Waals surface area contributed by atoms with Crippen LogP contribution in [-0.2, 0) is 20.9 Å². The lowest BCUT2D eigenvalue weighted by Crippen LogP contribution is -2.65. The summed E-state index contributed by atoms with van der Waals surface area (Å²) in [7, 11) is 3.28. The average molecular weight is 670 g/mol. The first-order valence-corrected chi connectivity index (χ1v) is 17.2. The number of pyridine rings is 1. The first-order valence-electron chi connectivity index (χ1n) is 17.2. The Morgan fingerprint density at radius 1 is 1.02 bits per heavy atom. The van der Waals surface area contributed by atoms with Crippen LogP contribution in [-0.4, -0.2) is 58.8 Å². The number of para-hydroxylation sites is 1. The van der Waals surface area contributed by atoms with E-state index in [0.717, 1.165) is 24.6 Å². The number of nitrogens with one attached hydrogen (secondary N) is 3. The standard InChI is InChI=1S/C38H47N5O6/c1-24-26-11-6-8-14-29(26)49-32(24)34(47)39-27(12-7-9-15-31(45)42(4)5)33(46)40-28-13-10-16-43(35(28)48)20-30(44)41-38-19-25-17-36(2,22-38)21-37(3,18-25)23-38/h6,8-11,13-16,25,27H,7,12,17-23H2,1-5H3,(H,39,47)(H,40,46)(H,41,44)/b15-9+/t25?,27-,36?,37?,38?/m0/s1. The number of amides is 4. The summed E-state index contributed by atoms with van der Waals surface area (Å²) in [6, 6.07) is 9.31. The Hall–Kier alpha value is -4.67. The maximum Gasteiger partial charge on any atom is 0.287 e. The Balaban J connectivity index is 1.16. The van der Waals surface area contributed by atoms with Gasteiger partial charge in [-0.05, 0) is 99.3 Å². The van der Waals surface area contributed by atoms with Crippen LogP contribution < -0.4 is 21.5 Å². The van der Waals surface area contributed by atoms with E-state index in [1.165, 1.54) is 47.1 Å². The van der Waals surface area contributed by atoms with Gasteiger partial charge in [0, 0.05) is 36.8 Å². The second kappa shape index (κ2) is 13.0. The van der Waals surface area contributed by atoms with Gasteiger partial charge in [-0.2, -0.15) is 0 Å². The number of nitrogens with zero attached hydrogens (tertiary/aromatic N) is 2. The summed E-state index contributed by atoms with van der Waals surface area (Å²) in [5, 5.41) is 9.58. The SMILES string of the molecule is Cc1c(C(=O)N[C@@H](CC/C=C/C(=O)N(C)C)C(=O)Nc2cccn(CC(=O)NC34CC5CC(C)(CC(C)(C5)C3)C4)c2=O)oc2ccccc12. The quantitative estimate of drug-likeness (QED) is 0.247. The summed E-state index contributed by atoms with van der Waals surface area (Å²) in [5.41, 5.74) is 0.883. The normalized spacial score (nSPS) is 26.1. The van der Waals surface area contributed by atoms with E-state index in [0.29, 0.717) is 23.5 Å². The van der Waals surface area contributed by atoms with Crippen molar-refractivity contribution in [3.8, 4) is 0 Å². The molecule has 7 rings (SSSR count). The number of hydrogen-bond donors (Lipinski definition) is 3. The summed E-state index contributed by atoms with van der Waals surface area (Å²) >= 11 is 0. The molecule has 1 aromatic carbocycles. The van der Waals surface area contributed by atoms with Crippen molar-refractivity contribution in [2.75, 3.05) is 19.4 Å². The fourth-order valence-corrected chi connectivity index (χ4v) is 9.53. The molecule has 4 saturated carbocycles. The van der Waals surface area contributed by atoms with E-state index in [1.54, 1.807) is 39.2 Å². The lowest BCUT2D eigenvalue weighted by Gasteiger charge is -2.65. The molecule has 11 nitrogen and oxygen atoms in total. The molecule has 2 heterocycles. The molecule has 0 spiro atoms. The summed E-state index contributed by atoms with van der Waals surface area (Å²) in [4.78, 5) is 67.5. The van der Waals surface area contributed by atoms with Crippen LogP contribution in [0.4, 0.5) is 5.69 Å². The molecule has 4 amide bonds. The average Bonchev–Trinajstić information content (AvgIpc) is 3.34. The number of carbonyl (C=O) groups is 4. The number of carbonyl (C=O) groups excluding carboxylic acids is 4. The van der Waals surface area contributed by atoms with Crippen LogP contribution in [0.15, 0.2) is 64.0 Å². The molecule has 4 fully saturated rings. The van der Waals surface area contributed by atoms with Gasteiger partial charge >= 0.3 is 0 Å². The maximum atomic E-state index is 13.7. The zero-order chi connectivity index (χ0) is 35.1. The van der Waals surface area contributed by atoms with Crippen molar-refractivity contribution in [1.82, 2.24) is 20.1 Å². The lowest BCUT2D eigenvalue weighted by molar-refractivity contribution is -0.140. The van der Waals surface area contributed by atoms with Gasteiger partial charge in [0.1, 0.15) is 23.9 Å². The fourth-order valence-electron chi connectivity index (χ4n) is 9.53. The number of hydrogen-bond acceptors (Lipinski definition) is 6. The maximum absolute atomic E-state index is 13.7. The van der Waals surface area contributed by atoms with Crippen molar-refractivity contribution in [2.45, 2.75) is 90.3 Å². The molecule has 3 aromatic rings. The van der Waals surface area contributed by atoms with Crippen molar-refractivity contribution in [2.24, 2.45) is 16.7 Å².